The minimum absolute atomic E-state index is 0.172. The van der Waals surface area contributed by atoms with Crippen molar-refractivity contribution in [2.45, 2.75) is 12.5 Å². The van der Waals surface area contributed by atoms with Crippen molar-refractivity contribution in [1.29, 1.82) is 0 Å². The highest BCUT2D eigenvalue weighted by molar-refractivity contribution is 5.87. The standard InChI is InChI=1S/C13H10N2O5/c16-10-8-5-9(20-11(8)15-13(19)14-10)6-1-3-7(4-2-6)12(17)18/h1-4,9H,5H2,(H,17,18)(H2,14,15,16,19). The molecule has 20 heavy (non-hydrogen) atoms. The number of carboxylic acids is 1. The van der Waals surface area contributed by atoms with E-state index in [4.69, 9.17) is 9.84 Å². The SMILES string of the molecule is O=C(O)c1ccc(C2Cc3c([nH]c(=O)[nH]c3=O)O2)cc1. The fraction of sp³-hybridized carbons (Fsp3) is 0.154. The Hall–Kier alpha value is -2.83. The minimum atomic E-state index is -1.01. The van der Waals surface area contributed by atoms with Gasteiger partial charge < -0.3 is 9.84 Å². The second-order valence-electron chi connectivity index (χ2n) is 4.45. The Morgan fingerprint density at radius 1 is 1.20 bits per heavy atom. The third-order valence-electron chi connectivity index (χ3n) is 3.18. The van der Waals surface area contributed by atoms with Crippen molar-refractivity contribution < 1.29 is 14.6 Å². The van der Waals surface area contributed by atoms with E-state index in [1.54, 1.807) is 12.1 Å². The number of H-pyrrole nitrogens is 2. The summed E-state index contributed by atoms with van der Waals surface area (Å²) >= 11 is 0. The van der Waals surface area contributed by atoms with Crippen molar-refractivity contribution in [2.24, 2.45) is 0 Å². The molecular weight excluding hydrogens is 264 g/mol. The Balaban J connectivity index is 1.92. The van der Waals surface area contributed by atoms with Crippen LogP contribution in [0.5, 0.6) is 5.88 Å². The summed E-state index contributed by atoms with van der Waals surface area (Å²) in [5, 5.41) is 8.83. The molecule has 0 bridgehead atoms. The lowest BCUT2D eigenvalue weighted by Crippen LogP contribution is -2.23. The maximum Gasteiger partial charge on any atom is 0.335 e. The fourth-order valence-electron chi connectivity index (χ4n) is 2.17. The van der Waals surface area contributed by atoms with Crippen LogP contribution in [0.2, 0.25) is 0 Å². The van der Waals surface area contributed by atoms with E-state index in [1.807, 2.05) is 0 Å². The van der Waals surface area contributed by atoms with Gasteiger partial charge in [0.2, 0.25) is 5.88 Å². The molecule has 1 aliphatic heterocycles. The predicted octanol–water partition coefficient (Wildman–Crippen LogP) is 0.438. The summed E-state index contributed by atoms with van der Waals surface area (Å²) in [5.74, 6) is -0.834. The number of carbonyl (C=O) groups is 1. The molecule has 1 aliphatic rings. The molecule has 7 nitrogen and oxygen atoms in total. The number of hydrogen-bond acceptors (Lipinski definition) is 4. The van der Waals surface area contributed by atoms with Crippen LogP contribution in [0.1, 0.15) is 27.6 Å². The number of rotatable bonds is 2. The molecule has 7 heteroatoms. The van der Waals surface area contributed by atoms with E-state index in [0.29, 0.717) is 12.0 Å². The van der Waals surface area contributed by atoms with Gasteiger partial charge in [0.05, 0.1) is 11.1 Å². The molecule has 3 rings (SSSR count). The molecule has 0 saturated carbocycles. The van der Waals surface area contributed by atoms with E-state index in [1.165, 1.54) is 12.1 Å². The van der Waals surface area contributed by atoms with Crippen LogP contribution in [0.25, 0.3) is 0 Å². The molecular formula is C13H10N2O5. The molecule has 1 aromatic carbocycles. The van der Waals surface area contributed by atoms with Gasteiger partial charge in [-0.15, -0.1) is 0 Å². The largest absolute Gasteiger partial charge is 0.478 e. The molecule has 3 N–H and O–H groups in total. The molecule has 0 amide bonds. The number of nitrogens with one attached hydrogen (secondary N) is 2. The van der Waals surface area contributed by atoms with Gasteiger partial charge in [0.25, 0.3) is 5.56 Å². The van der Waals surface area contributed by atoms with Gasteiger partial charge in [-0.2, -0.15) is 0 Å². The molecule has 0 fully saturated rings. The van der Waals surface area contributed by atoms with Gasteiger partial charge in [-0.1, -0.05) is 12.1 Å². The van der Waals surface area contributed by atoms with Crippen LogP contribution in [0.15, 0.2) is 33.9 Å². The van der Waals surface area contributed by atoms with Crippen molar-refractivity contribution in [3.8, 4) is 5.88 Å². The van der Waals surface area contributed by atoms with E-state index in [0.717, 1.165) is 5.56 Å². The number of hydrogen-bond donors (Lipinski definition) is 3. The fourth-order valence-corrected chi connectivity index (χ4v) is 2.17. The molecule has 1 atom stereocenters. The number of aromatic amines is 2. The molecule has 102 valence electrons. The second-order valence-corrected chi connectivity index (χ2v) is 4.45. The molecule has 0 aliphatic carbocycles. The zero-order valence-electron chi connectivity index (χ0n) is 10.2. The summed E-state index contributed by atoms with van der Waals surface area (Å²) in [6, 6.07) is 6.20. The van der Waals surface area contributed by atoms with Gasteiger partial charge in [-0.25, -0.2) is 9.59 Å². The lowest BCUT2D eigenvalue weighted by Gasteiger charge is -2.10. The van der Waals surface area contributed by atoms with Crippen LogP contribution >= 0.6 is 0 Å². The summed E-state index contributed by atoms with van der Waals surface area (Å²) in [6.45, 7) is 0. The number of aromatic carboxylic acids is 1. The van der Waals surface area contributed by atoms with Crippen LogP contribution in [-0.4, -0.2) is 21.0 Å². The maximum atomic E-state index is 11.6. The van der Waals surface area contributed by atoms with E-state index in [-0.39, 0.29) is 11.4 Å². The Kier molecular flexibility index (Phi) is 2.67. The molecule has 0 spiro atoms. The normalized spacial score (nSPS) is 16.5. The summed E-state index contributed by atoms with van der Waals surface area (Å²) in [4.78, 5) is 38.1. The van der Waals surface area contributed by atoms with Crippen molar-refractivity contribution in [3.63, 3.8) is 0 Å². The minimum Gasteiger partial charge on any atom is -0.478 e. The monoisotopic (exact) mass is 274 g/mol. The molecule has 0 radical (unpaired) electrons. The van der Waals surface area contributed by atoms with Gasteiger partial charge in [0, 0.05) is 6.42 Å². The molecule has 2 heterocycles. The van der Waals surface area contributed by atoms with E-state index in [9.17, 15) is 14.4 Å². The zero-order chi connectivity index (χ0) is 14.3. The number of ether oxygens (including phenoxy) is 1. The van der Waals surface area contributed by atoms with Gasteiger partial charge in [0.15, 0.2) is 0 Å². The first-order chi connectivity index (χ1) is 9.54. The van der Waals surface area contributed by atoms with Gasteiger partial charge in [-0.05, 0) is 17.7 Å². The topological polar surface area (TPSA) is 112 Å². The lowest BCUT2D eigenvalue weighted by atomic mass is 10.0. The maximum absolute atomic E-state index is 11.6. The quantitative estimate of drug-likeness (QED) is 0.735. The van der Waals surface area contributed by atoms with E-state index < -0.39 is 23.3 Å². The molecule has 0 saturated heterocycles. The van der Waals surface area contributed by atoms with Crippen LogP contribution < -0.4 is 16.0 Å². The first kappa shape index (κ1) is 12.2. The van der Waals surface area contributed by atoms with E-state index >= 15 is 0 Å². The first-order valence-electron chi connectivity index (χ1n) is 5.90. The summed E-state index contributed by atoms with van der Waals surface area (Å²) in [6.07, 6.45) is -0.0829. The Morgan fingerprint density at radius 2 is 1.90 bits per heavy atom. The smallest absolute Gasteiger partial charge is 0.335 e. The van der Waals surface area contributed by atoms with E-state index in [2.05, 4.69) is 9.97 Å². The number of benzene rings is 1. The van der Waals surface area contributed by atoms with Crippen molar-refractivity contribution >= 4 is 5.97 Å². The second kappa shape index (κ2) is 4.37. The first-order valence-corrected chi connectivity index (χ1v) is 5.90. The number of aromatic nitrogens is 2. The third-order valence-corrected chi connectivity index (χ3v) is 3.18. The highest BCUT2D eigenvalue weighted by Gasteiger charge is 2.28. The Morgan fingerprint density at radius 3 is 2.55 bits per heavy atom. The lowest BCUT2D eigenvalue weighted by molar-refractivity contribution is 0.0696. The van der Waals surface area contributed by atoms with Crippen molar-refractivity contribution in [2.75, 3.05) is 0 Å². The molecule has 1 unspecified atom stereocenters. The van der Waals surface area contributed by atoms with Gasteiger partial charge in [0.1, 0.15) is 6.10 Å². The summed E-state index contributed by atoms with van der Waals surface area (Å²) < 4.78 is 5.53. The van der Waals surface area contributed by atoms with Crippen LogP contribution in [0.4, 0.5) is 0 Å². The Bertz CT molecular complexity index is 788. The highest BCUT2D eigenvalue weighted by atomic mass is 16.5. The van der Waals surface area contributed by atoms with Gasteiger partial charge >= 0.3 is 11.7 Å². The third kappa shape index (κ3) is 1.99. The van der Waals surface area contributed by atoms with Gasteiger partial charge in [-0.3, -0.25) is 14.8 Å². The van der Waals surface area contributed by atoms with Crippen molar-refractivity contribution in [3.05, 3.63) is 61.8 Å². The number of carboxylic acid groups (broad SMARTS) is 1. The zero-order valence-corrected chi connectivity index (χ0v) is 10.2. The molecule has 1 aromatic heterocycles. The predicted molar refractivity (Wildman–Crippen MR) is 68.2 cm³/mol. The van der Waals surface area contributed by atoms with Crippen LogP contribution in [0.3, 0.4) is 0 Å². The molecule has 2 aromatic rings. The highest BCUT2D eigenvalue weighted by Crippen LogP contribution is 2.32. The van der Waals surface area contributed by atoms with Crippen LogP contribution in [0, 0.1) is 0 Å². The average molecular weight is 274 g/mol. The average Bonchev–Trinajstić information content (AvgIpc) is 2.83. The summed E-state index contributed by atoms with van der Waals surface area (Å²) in [5.41, 5.74) is 0.225. The number of fused-ring (bicyclic) bond motifs is 1. The summed E-state index contributed by atoms with van der Waals surface area (Å²) in [7, 11) is 0. The van der Waals surface area contributed by atoms with Crippen LogP contribution in [-0.2, 0) is 6.42 Å². The van der Waals surface area contributed by atoms with Crippen molar-refractivity contribution in [1.82, 2.24) is 9.97 Å². The Labute approximate surface area is 111 Å².